The second-order valence-corrected chi connectivity index (χ2v) is 12.9. The molecule has 1 fully saturated rings. The maximum atomic E-state index is 14.6. The molecule has 1 saturated heterocycles. The summed E-state index contributed by atoms with van der Waals surface area (Å²) in [4.78, 5) is 26.5. The van der Waals surface area contributed by atoms with Crippen LogP contribution in [0.2, 0.25) is 0 Å². The Kier molecular flexibility index (Phi) is 9.19. The topological polar surface area (TPSA) is 143 Å². The van der Waals surface area contributed by atoms with Crippen molar-refractivity contribution >= 4 is 28.4 Å². The molecule has 256 valence electrons. The van der Waals surface area contributed by atoms with Crippen molar-refractivity contribution in [3.8, 4) is 11.4 Å². The highest BCUT2D eigenvalue weighted by Gasteiger charge is 2.56. The van der Waals surface area contributed by atoms with E-state index >= 15 is 0 Å². The highest BCUT2D eigenvalue weighted by molar-refractivity contribution is 5.98. The van der Waals surface area contributed by atoms with Crippen LogP contribution in [-0.4, -0.2) is 80.8 Å². The number of carbonyl (C=O) groups excluding carboxylic acids is 2. The number of nitrogens with zero attached hydrogens (tertiary/aromatic N) is 3. The van der Waals surface area contributed by atoms with Crippen LogP contribution in [0, 0.1) is 12.7 Å². The number of aliphatic hydroxyl groups excluding tert-OH is 1. The molecule has 48 heavy (non-hydrogen) atoms. The highest BCUT2D eigenvalue weighted by atomic mass is 19.4. The van der Waals surface area contributed by atoms with Crippen molar-refractivity contribution in [2.45, 2.75) is 63.0 Å². The van der Waals surface area contributed by atoms with Crippen LogP contribution in [0.15, 0.2) is 60.8 Å². The molecule has 0 radical (unpaired) electrons. The van der Waals surface area contributed by atoms with Gasteiger partial charge < -0.3 is 30.9 Å². The van der Waals surface area contributed by atoms with Crippen LogP contribution in [0.3, 0.4) is 0 Å². The van der Waals surface area contributed by atoms with Crippen LogP contribution in [0.25, 0.3) is 16.6 Å². The summed E-state index contributed by atoms with van der Waals surface area (Å²) >= 11 is 0. The number of alkyl halides is 3. The Hall–Kier alpha value is -4.69. The quantitative estimate of drug-likeness (QED) is 0.180. The van der Waals surface area contributed by atoms with Crippen molar-refractivity contribution in [2.24, 2.45) is 5.73 Å². The molecular weight excluding hydrogens is 634 g/mol. The molecule has 14 heteroatoms. The highest BCUT2D eigenvalue weighted by Crippen LogP contribution is 2.44. The Morgan fingerprint density at radius 1 is 1.12 bits per heavy atom. The van der Waals surface area contributed by atoms with Gasteiger partial charge in [-0.25, -0.2) is 9.07 Å². The number of rotatable bonds is 10. The van der Waals surface area contributed by atoms with Crippen LogP contribution in [-0.2, 0) is 10.2 Å². The zero-order valence-corrected chi connectivity index (χ0v) is 26.8. The number of hydrogen-bond acceptors (Lipinski definition) is 7. The van der Waals surface area contributed by atoms with Crippen molar-refractivity contribution in [1.82, 2.24) is 14.7 Å². The molecule has 10 nitrogen and oxygen atoms in total. The molecule has 4 aromatic rings. The second-order valence-electron chi connectivity index (χ2n) is 12.9. The molecular formula is C34H37F4N5O5. The fraction of sp³-hybridized carbons (Fsp3) is 0.382. The molecule has 5 rings (SSSR count). The molecule has 0 bridgehead atoms. The number of likely N-dealkylation sites (tertiary alicyclic amines) is 1. The van der Waals surface area contributed by atoms with E-state index in [1.54, 1.807) is 43.3 Å². The van der Waals surface area contributed by atoms with Gasteiger partial charge in [-0.2, -0.15) is 18.3 Å². The number of primary amides is 1. The zero-order chi connectivity index (χ0) is 35.2. The predicted molar refractivity (Wildman–Crippen MR) is 171 cm³/mol. The Morgan fingerprint density at radius 2 is 1.85 bits per heavy atom. The summed E-state index contributed by atoms with van der Waals surface area (Å²) in [5, 5.41) is 28.9. The smallest absolute Gasteiger partial charge is 0.418 e. The second kappa shape index (κ2) is 12.7. The van der Waals surface area contributed by atoms with E-state index in [2.05, 4.69) is 10.4 Å². The van der Waals surface area contributed by atoms with Crippen molar-refractivity contribution < 1.29 is 42.1 Å². The number of hydrogen-bond donors (Lipinski definition) is 4. The standard InChI is InChI=1S/C34H37F4N5O5/c1-19-10-26(40-18-33(47,34(36,37)38)17-32(2,3)25-13-21(35)8-9-29(25)48-4)24-15-41-43(27(24)11-19)22-7-5-6-20(12-22)31(46)42-16-23(44)14-28(42)30(39)45/h5-13,15,23,28,40,44,47H,14,16-18H2,1-4H3,(H2,39,45)/t23-,28?,33?/m0/s1. The van der Waals surface area contributed by atoms with E-state index in [-0.39, 0.29) is 35.5 Å². The average Bonchev–Trinajstić information content (AvgIpc) is 3.62. The van der Waals surface area contributed by atoms with Gasteiger partial charge in [-0.3, -0.25) is 9.59 Å². The number of aromatic nitrogens is 2. The Labute approximate surface area is 274 Å². The predicted octanol–water partition coefficient (Wildman–Crippen LogP) is 4.62. The number of nitrogens with one attached hydrogen (secondary N) is 1. The van der Waals surface area contributed by atoms with E-state index in [9.17, 15) is 37.4 Å². The Bertz CT molecular complexity index is 1860. The number of aryl methyl sites for hydroxylation is 1. The minimum atomic E-state index is -5.06. The first-order chi connectivity index (χ1) is 22.4. The number of halogens is 4. The monoisotopic (exact) mass is 671 g/mol. The first kappa shape index (κ1) is 34.6. The number of β-amino-alcohol motifs (C(OH)–C–C–N with tert-alkyl or cyclic N) is 1. The summed E-state index contributed by atoms with van der Waals surface area (Å²) in [6.07, 6.45) is -5.25. The minimum absolute atomic E-state index is 0.0412. The van der Waals surface area contributed by atoms with E-state index in [4.69, 9.17) is 10.5 Å². The van der Waals surface area contributed by atoms with Gasteiger partial charge in [0, 0.05) is 35.2 Å². The van der Waals surface area contributed by atoms with Crippen LogP contribution in [0.1, 0.15) is 48.2 Å². The van der Waals surface area contributed by atoms with Crippen LogP contribution in [0.4, 0.5) is 23.2 Å². The van der Waals surface area contributed by atoms with E-state index in [1.807, 2.05) is 0 Å². The van der Waals surface area contributed by atoms with Gasteiger partial charge in [0.1, 0.15) is 17.6 Å². The third-order valence-corrected chi connectivity index (χ3v) is 8.76. The SMILES string of the molecule is COc1ccc(F)cc1C(C)(C)CC(O)(CNc1cc(C)cc2c1cnn2-c1cccc(C(=O)N2C[C@@H](O)CC2C(N)=O)c1)C(F)(F)F. The molecule has 3 aromatic carbocycles. The van der Waals surface area contributed by atoms with E-state index in [1.165, 1.54) is 42.8 Å². The molecule has 0 spiro atoms. The summed E-state index contributed by atoms with van der Waals surface area (Å²) in [5.74, 6) is -1.67. The molecule has 1 aliphatic heterocycles. The van der Waals surface area contributed by atoms with Crippen molar-refractivity contribution in [3.05, 3.63) is 83.3 Å². The lowest BCUT2D eigenvalue weighted by atomic mass is 9.74. The number of amides is 2. The van der Waals surface area contributed by atoms with E-state index in [0.717, 1.165) is 12.1 Å². The first-order valence-electron chi connectivity index (χ1n) is 15.2. The van der Waals surface area contributed by atoms with E-state index in [0.29, 0.717) is 22.2 Å². The van der Waals surface area contributed by atoms with Gasteiger partial charge in [0.2, 0.25) is 5.91 Å². The fourth-order valence-electron chi connectivity index (χ4n) is 6.40. The largest absolute Gasteiger partial charge is 0.496 e. The number of ether oxygens (including phenoxy) is 1. The van der Waals surface area contributed by atoms with Crippen LogP contribution >= 0.6 is 0 Å². The Morgan fingerprint density at radius 3 is 2.52 bits per heavy atom. The third-order valence-electron chi connectivity index (χ3n) is 8.76. The summed E-state index contributed by atoms with van der Waals surface area (Å²) in [6, 6.07) is 12.5. The fourth-order valence-corrected chi connectivity index (χ4v) is 6.40. The number of anilines is 1. The molecule has 2 unspecified atom stereocenters. The molecule has 2 heterocycles. The lowest BCUT2D eigenvalue weighted by Gasteiger charge is -2.38. The van der Waals surface area contributed by atoms with Gasteiger partial charge in [0.15, 0.2) is 5.60 Å². The number of methoxy groups -OCH3 is 1. The van der Waals surface area contributed by atoms with Gasteiger partial charge in [0.25, 0.3) is 5.91 Å². The van der Waals surface area contributed by atoms with Crippen molar-refractivity contribution in [2.75, 3.05) is 25.5 Å². The van der Waals surface area contributed by atoms with Gasteiger partial charge in [-0.15, -0.1) is 0 Å². The van der Waals surface area contributed by atoms with Gasteiger partial charge in [-0.1, -0.05) is 19.9 Å². The van der Waals surface area contributed by atoms with Crippen molar-refractivity contribution in [3.63, 3.8) is 0 Å². The molecule has 5 N–H and O–H groups in total. The number of benzene rings is 3. The van der Waals surface area contributed by atoms with Gasteiger partial charge in [-0.05, 0) is 72.9 Å². The summed E-state index contributed by atoms with van der Waals surface area (Å²) in [7, 11) is 1.33. The number of aliphatic hydroxyl groups is 2. The van der Waals surface area contributed by atoms with Gasteiger partial charge in [0.05, 0.1) is 37.2 Å². The maximum Gasteiger partial charge on any atom is 0.418 e. The number of nitrogens with two attached hydrogens (primary N) is 1. The zero-order valence-electron chi connectivity index (χ0n) is 26.8. The maximum absolute atomic E-state index is 14.6. The Balaban J connectivity index is 1.45. The molecule has 1 aliphatic rings. The third kappa shape index (κ3) is 6.67. The molecule has 3 atom stereocenters. The normalized spacial score (nSPS) is 18.2. The average molecular weight is 672 g/mol. The van der Waals surface area contributed by atoms with Gasteiger partial charge >= 0.3 is 6.18 Å². The lowest BCUT2D eigenvalue weighted by Crippen LogP contribution is -2.53. The minimum Gasteiger partial charge on any atom is -0.496 e. The summed E-state index contributed by atoms with van der Waals surface area (Å²) < 4.78 is 64.6. The summed E-state index contributed by atoms with van der Waals surface area (Å²) in [6.45, 7) is 3.74. The number of fused-ring (bicyclic) bond motifs is 1. The summed E-state index contributed by atoms with van der Waals surface area (Å²) in [5.41, 5.74) is 3.17. The van der Waals surface area contributed by atoms with Crippen LogP contribution in [0.5, 0.6) is 5.75 Å². The molecule has 0 aliphatic carbocycles. The molecule has 0 saturated carbocycles. The first-order valence-corrected chi connectivity index (χ1v) is 15.2. The lowest BCUT2D eigenvalue weighted by molar-refractivity contribution is -0.260. The van der Waals surface area contributed by atoms with Crippen LogP contribution < -0.4 is 15.8 Å². The van der Waals surface area contributed by atoms with Crippen molar-refractivity contribution in [1.29, 1.82) is 0 Å². The molecule has 1 aromatic heterocycles. The van der Waals surface area contributed by atoms with E-state index < -0.39 is 59.9 Å². The molecule has 2 amide bonds. The number of carbonyl (C=O) groups is 2.